The lowest BCUT2D eigenvalue weighted by molar-refractivity contribution is 0.411. The van der Waals surface area contributed by atoms with Crippen LogP contribution in [0.5, 0.6) is 17.2 Å². The highest BCUT2D eigenvalue weighted by Gasteiger charge is 2.17. The first-order valence-corrected chi connectivity index (χ1v) is 26.0. The molecule has 16 nitrogen and oxygen atoms in total. The molecule has 0 aliphatic heterocycles. The van der Waals surface area contributed by atoms with Crippen LogP contribution in [0.15, 0.2) is 18.6 Å². The summed E-state index contributed by atoms with van der Waals surface area (Å²) in [6.45, 7) is 10.2. The summed E-state index contributed by atoms with van der Waals surface area (Å²) in [7, 11) is 1.04. The molecule has 0 aliphatic carbocycles. The molecule has 3 rings (SSSR count). The van der Waals surface area contributed by atoms with Gasteiger partial charge in [-0.05, 0) is 64.4 Å². The first kappa shape index (κ1) is 67.9. The Kier molecular flexibility index (Phi) is 41.9. The van der Waals surface area contributed by atoms with Crippen molar-refractivity contribution in [1.29, 1.82) is 0 Å². The van der Waals surface area contributed by atoms with Gasteiger partial charge in [0, 0.05) is 47.2 Å². The lowest BCUT2D eigenvalue weighted by Crippen LogP contribution is -2.24. The van der Waals surface area contributed by atoms with Gasteiger partial charge < -0.3 is 35.9 Å². The number of hydrogen-bond donors (Lipinski definition) is 4. The molecular formula is C42H84N10O6S6. The van der Waals surface area contributed by atoms with Gasteiger partial charge in [0.25, 0.3) is 0 Å². The maximum absolute atomic E-state index is 11.4. The molecule has 0 bridgehead atoms. The van der Waals surface area contributed by atoms with Gasteiger partial charge in [-0.3, -0.25) is 4.21 Å². The quantitative estimate of drug-likeness (QED) is 0.0563. The van der Waals surface area contributed by atoms with Crippen LogP contribution < -0.4 is 35.9 Å². The SMILES string of the molecule is C.CCCC[C@@H](CCS(C)(=O)=O)Nc1nc(C)ncc1OC.CCCC[C@@H](CCS(C)=O)Nc1nc(N)ncc1OC.CCCC[C@@H](CCSC)Nc1nc(C)ncc1OC.S.S.S. The Labute approximate surface area is 414 Å². The summed E-state index contributed by atoms with van der Waals surface area (Å²) in [6, 6.07) is 0.723. The monoisotopic (exact) mass is 1020 g/mol. The van der Waals surface area contributed by atoms with Gasteiger partial charge in [-0.1, -0.05) is 66.7 Å². The summed E-state index contributed by atoms with van der Waals surface area (Å²) < 4.78 is 49.8. The molecule has 3 heterocycles. The molecule has 0 aliphatic rings. The number of methoxy groups -OCH3 is 3. The largest absolute Gasteiger partial charge is 0.491 e. The Morgan fingerprint density at radius 3 is 1.41 bits per heavy atom. The molecule has 0 fully saturated rings. The number of unbranched alkanes of at least 4 members (excludes halogenated alkanes) is 3. The van der Waals surface area contributed by atoms with Crippen molar-refractivity contribution < 1.29 is 26.8 Å². The fourth-order valence-electron chi connectivity index (χ4n) is 5.78. The third-order valence-electron chi connectivity index (χ3n) is 9.19. The number of aryl methyl sites for hydroxylation is 2. The van der Waals surface area contributed by atoms with Crippen molar-refractivity contribution in [2.45, 2.75) is 137 Å². The zero-order chi connectivity index (χ0) is 44.9. The average molecular weight is 1020 g/mol. The maximum atomic E-state index is 11.4. The van der Waals surface area contributed by atoms with E-state index in [9.17, 15) is 12.6 Å². The average Bonchev–Trinajstić information content (AvgIpc) is 3.21. The van der Waals surface area contributed by atoms with Crippen molar-refractivity contribution in [1.82, 2.24) is 29.9 Å². The highest BCUT2D eigenvalue weighted by Crippen LogP contribution is 2.26. The Bertz CT molecular complexity index is 1760. The summed E-state index contributed by atoms with van der Waals surface area (Å²) >= 11 is 1.88. The minimum absolute atomic E-state index is 0. The molecule has 0 aromatic carbocycles. The molecule has 3 aromatic rings. The second-order valence-electron chi connectivity index (χ2n) is 14.5. The van der Waals surface area contributed by atoms with E-state index in [0.29, 0.717) is 47.2 Å². The second-order valence-corrected chi connectivity index (χ2v) is 19.3. The Morgan fingerprint density at radius 1 is 0.672 bits per heavy atom. The van der Waals surface area contributed by atoms with E-state index in [1.54, 1.807) is 46.2 Å². The number of nitrogens with one attached hydrogen (secondary N) is 3. The van der Waals surface area contributed by atoms with Crippen molar-refractivity contribution in [2.75, 3.05) is 79.0 Å². The molecule has 0 radical (unpaired) electrons. The van der Waals surface area contributed by atoms with E-state index in [0.717, 1.165) is 74.5 Å². The third-order valence-corrected chi connectivity index (χ3v) is 11.6. The van der Waals surface area contributed by atoms with Crippen LogP contribution in [0.2, 0.25) is 0 Å². The van der Waals surface area contributed by atoms with E-state index < -0.39 is 20.6 Å². The highest BCUT2D eigenvalue weighted by atomic mass is 32.2. The summed E-state index contributed by atoms with van der Waals surface area (Å²) in [4.78, 5) is 25.1. The number of hydrogen-bond acceptors (Lipinski definition) is 17. The Balaban J connectivity index is -0.000000410. The van der Waals surface area contributed by atoms with E-state index in [1.807, 2.05) is 25.6 Å². The number of anilines is 4. The van der Waals surface area contributed by atoms with Gasteiger partial charge in [-0.15, -0.1) is 0 Å². The van der Waals surface area contributed by atoms with Gasteiger partial charge in [-0.25, -0.2) is 33.3 Å². The summed E-state index contributed by atoms with van der Waals surface area (Å²) in [5, 5.41) is 10.2. The zero-order valence-electron chi connectivity index (χ0n) is 39.5. The number of nitrogens with zero attached hydrogens (tertiary/aromatic N) is 6. The maximum Gasteiger partial charge on any atom is 0.222 e. The smallest absolute Gasteiger partial charge is 0.222 e. The molecule has 374 valence electrons. The first-order valence-electron chi connectivity index (χ1n) is 20.8. The van der Waals surface area contributed by atoms with Gasteiger partial charge in [0.2, 0.25) is 5.95 Å². The topological polar surface area (TPSA) is 218 Å². The number of rotatable bonds is 27. The van der Waals surface area contributed by atoms with Gasteiger partial charge >= 0.3 is 0 Å². The molecule has 0 amide bonds. The summed E-state index contributed by atoms with van der Waals surface area (Å²) in [6.07, 6.45) is 22.4. The minimum atomic E-state index is -2.96. The van der Waals surface area contributed by atoms with Crippen molar-refractivity contribution in [3.63, 3.8) is 0 Å². The molecule has 0 saturated heterocycles. The van der Waals surface area contributed by atoms with Gasteiger partial charge in [0.15, 0.2) is 34.7 Å². The lowest BCUT2D eigenvalue weighted by atomic mass is 10.1. The number of aromatic nitrogens is 6. The molecule has 0 saturated carbocycles. The summed E-state index contributed by atoms with van der Waals surface area (Å²) in [5.41, 5.74) is 5.61. The lowest BCUT2D eigenvalue weighted by Gasteiger charge is -2.20. The minimum Gasteiger partial charge on any atom is -0.491 e. The fraction of sp³-hybridized carbons (Fsp3) is 0.714. The Hall–Kier alpha value is -2.66. The van der Waals surface area contributed by atoms with E-state index in [2.05, 4.69) is 72.9 Å². The molecule has 1 unspecified atom stereocenters. The number of ether oxygens (including phenoxy) is 3. The van der Waals surface area contributed by atoms with Crippen LogP contribution in [0, 0.1) is 13.8 Å². The van der Waals surface area contributed by atoms with Gasteiger partial charge in [0.1, 0.15) is 21.5 Å². The van der Waals surface area contributed by atoms with E-state index in [1.165, 1.54) is 25.5 Å². The van der Waals surface area contributed by atoms with Crippen LogP contribution in [0.25, 0.3) is 0 Å². The van der Waals surface area contributed by atoms with Crippen LogP contribution in [-0.4, -0.2) is 118 Å². The van der Waals surface area contributed by atoms with E-state index in [4.69, 9.17) is 19.9 Å². The molecule has 0 spiro atoms. The molecule has 4 atom stereocenters. The third kappa shape index (κ3) is 30.5. The van der Waals surface area contributed by atoms with Crippen molar-refractivity contribution in [3.05, 3.63) is 30.2 Å². The molecule has 3 aromatic heterocycles. The van der Waals surface area contributed by atoms with E-state index in [-0.39, 0.29) is 71.7 Å². The van der Waals surface area contributed by atoms with E-state index >= 15 is 0 Å². The van der Waals surface area contributed by atoms with Crippen LogP contribution in [0.1, 0.15) is 117 Å². The number of nitrogens with two attached hydrogens (primary N) is 1. The molecule has 22 heteroatoms. The fourth-order valence-corrected chi connectivity index (χ4v) is 7.63. The predicted octanol–water partition coefficient (Wildman–Crippen LogP) is 8.50. The van der Waals surface area contributed by atoms with Crippen LogP contribution in [-0.2, 0) is 20.6 Å². The zero-order valence-corrected chi connectivity index (χ0v) is 45.0. The van der Waals surface area contributed by atoms with Crippen molar-refractivity contribution in [3.8, 4) is 17.2 Å². The Morgan fingerprint density at radius 2 is 1.05 bits per heavy atom. The number of nitrogen functional groups attached to an aromatic ring is 1. The summed E-state index contributed by atoms with van der Waals surface area (Å²) in [5.74, 6) is 7.52. The second kappa shape index (κ2) is 39.5. The predicted molar refractivity (Wildman–Crippen MR) is 289 cm³/mol. The van der Waals surface area contributed by atoms with Crippen LogP contribution in [0.3, 0.4) is 0 Å². The van der Waals surface area contributed by atoms with Crippen molar-refractivity contribution >= 4 is 96.3 Å². The molecule has 64 heavy (non-hydrogen) atoms. The number of thioether (sulfide) groups is 1. The molecular weight excluding hydrogens is 933 g/mol. The van der Waals surface area contributed by atoms with Gasteiger partial charge in [-0.2, -0.15) is 57.2 Å². The van der Waals surface area contributed by atoms with Crippen LogP contribution in [0.4, 0.5) is 23.4 Å². The first-order chi connectivity index (χ1) is 28.6. The van der Waals surface area contributed by atoms with Crippen LogP contribution >= 0.6 is 52.2 Å². The standard InChI is InChI=1S/C14H25N3O3S.C14H25N3OS.C13H24N4O2S.CH4.3H2S/c1-5-6-7-12(8-9-21(4,18)19)17-14-13(20-3)10-15-11(2)16-14;1-5-6-7-12(8-9-19-4)17-14-13(18-3)10-15-11(2)16-14;1-4-5-6-10(7-8-20(3)18)16-12-11(19-2)9-15-13(14)17-12;;;;/h10,12H,5-9H2,1-4H3,(H,15,16,17);10,12H,5-9H2,1-4H3,(H,15,16,17);9-10H,4-8H2,1-3H3,(H3,14,15,16,17);1H4;3*1H2/t2*12-;10-,20?;;;;/m000..../s1. The van der Waals surface area contributed by atoms with Crippen molar-refractivity contribution in [2.24, 2.45) is 0 Å². The van der Waals surface area contributed by atoms with Gasteiger partial charge in [0.05, 0.1) is 45.7 Å². The molecule has 5 N–H and O–H groups in total. The highest BCUT2D eigenvalue weighted by molar-refractivity contribution is 7.98. The normalized spacial score (nSPS) is 12.2. The number of sulfone groups is 1.